The third-order valence-electron chi connectivity index (χ3n) is 4.76. The fourth-order valence-electron chi connectivity index (χ4n) is 3.35. The summed E-state index contributed by atoms with van der Waals surface area (Å²) in [5.74, 6) is 0. The Hall–Kier alpha value is -1.17. The van der Waals surface area contributed by atoms with Crippen LogP contribution in [0.2, 0.25) is 0 Å². The molecule has 6 nitrogen and oxygen atoms in total. The first-order valence-electron chi connectivity index (χ1n) is 7.98. The first-order valence-corrected chi connectivity index (χ1v) is 9.42. The van der Waals surface area contributed by atoms with Gasteiger partial charge in [0, 0.05) is 38.8 Å². The summed E-state index contributed by atoms with van der Waals surface area (Å²) >= 11 is 0. The maximum atomic E-state index is 12.9. The standard InChI is InChI=1S/C16H22N4O2S.ClH/c1-13-2-3-14(11-17)10-16(13)23(21,22)20-8-6-19(7-9-20)15-4-5-18-12-15;/h2-3,10,15,18H,4-9,12H2,1H3;1H. The van der Waals surface area contributed by atoms with Gasteiger partial charge in [-0.1, -0.05) is 6.07 Å². The first kappa shape index (κ1) is 19.2. The number of rotatable bonds is 3. The lowest BCUT2D eigenvalue weighted by molar-refractivity contribution is 0.145. The Morgan fingerprint density at radius 1 is 1.25 bits per heavy atom. The van der Waals surface area contributed by atoms with Crippen LogP contribution in [0.15, 0.2) is 23.1 Å². The van der Waals surface area contributed by atoms with Gasteiger partial charge in [0.05, 0.1) is 16.5 Å². The Bertz CT molecular complexity index is 718. The molecule has 2 heterocycles. The second-order valence-electron chi connectivity index (χ2n) is 6.18. The van der Waals surface area contributed by atoms with Crippen LogP contribution in [0.1, 0.15) is 17.5 Å². The Morgan fingerprint density at radius 3 is 2.54 bits per heavy atom. The number of nitrogens with zero attached hydrogens (tertiary/aromatic N) is 3. The Balaban J connectivity index is 0.00000208. The number of hydrogen-bond donors (Lipinski definition) is 1. The highest BCUT2D eigenvalue weighted by molar-refractivity contribution is 7.89. The topological polar surface area (TPSA) is 76.4 Å². The maximum Gasteiger partial charge on any atom is 0.243 e. The zero-order valence-corrected chi connectivity index (χ0v) is 15.4. The molecule has 2 fully saturated rings. The van der Waals surface area contributed by atoms with E-state index in [-0.39, 0.29) is 17.3 Å². The molecule has 2 aliphatic heterocycles. The highest BCUT2D eigenvalue weighted by atomic mass is 35.5. The molecule has 2 saturated heterocycles. The third-order valence-corrected chi connectivity index (χ3v) is 6.80. The molecule has 1 N–H and O–H groups in total. The third kappa shape index (κ3) is 3.73. The molecule has 1 atom stereocenters. The molecule has 0 bridgehead atoms. The zero-order valence-electron chi connectivity index (χ0n) is 13.7. The summed E-state index contributed by atoms with van der Waals surface area (Å²) in [5.41, 5.74) is 1.07. The minimum Gasteiger partial charge on any atom is -0.315 e. The van der Waals surface area contributed by atoms with Gasteiger partial charge < -0.3 is 5.32 Å². The minimum atomic E-state index is -3.53. The lowest BCUT2D eigenvalue weighted by Crippen LogP contribution is -2.52. The van der Waals surface area contributed by atoms with Crippen LogP contribution >= 0.6 is 12.4 Å². The molecular formula is C16H23ClN4O2S. The number of nitrogens with one attached hydrogen (secondary N) is 1. The first-order chi connectivity index (χ1) is 11.0. The number of piperazine rings is 1. The highest BCUT2D eigenvalue weighted by Crippen LogP contribution is 2.23. The Morgan fingerprint density at radius 2 is 1.96 bits per heavy atom. The number of benzene rings is 1. The average molecular weight is 371 g/mol. The smallest absolute Gasteiger partial charge is 0.243 e. The van der Waals surface area contributed by atoms with Crippen molar-refractivity contribution in [3.05, 3.63) is 29.3 Å². The van der Waals surface area contributed by atoms with E-state index in [0.717, 1.165) is 32.6 Å². The van der Waals surface area contributed by atoms with Crippen LogP contribution in [-0.4, -0.2) is 62.9 Å². The van der Waals surface area contributed by atoms with E-state index >= 15 is 0 Å². The molecule has 1 unspecified atom stereocenters. The van der Waals surface area contributed by atoms with E-state index in [9.17, 15) is 8.42 Å². The van der Waals surface area contributed by atoms with Crippen LogP contribution in [0, 0.1) is 18.3 Å². The van der Waals surface area contributed by atoms with Crippen LogP contribution in [0.5, 0.6) is 0 Å². The summed E-state index contributed by atoms with van der Waals surface area (Å²) in [6.07, 6.45) is 1.13. The van der Waals surface area contributed by atoms with Crippen LogP contribution in [-0.2, 0) is 10.0 Å². The van der Waals surface area contributed by atoms with Crippen molar-refractivity contribution in [2.24, 2.45) is 0 Å². The summed E-state index contributed by atoms with van der Waals surface area (Å²) in [4.78, 5) is 2.64. The maximum absolute atomic E-state index is 12.9. The summed E-state index contributed by atoms with van der Waals surface area (Å²) in [5, 5.41) is 12.4. The lowest BCUT2D eigenvalue weighted by Gasteiger charge is -2.37. The van der Waals surface area contributed by atoms with Crippen molar-refractivity contribution >= 4 is 22.4 Å². The van der Waals surface area contributed by atoms with Crippen molar-refractivity contribution in [3.8, 4) is 6.07 Å². The minimum absolute atomic E-state index is 0. The quantitative estimate of drug-likeness (QED) is 0.857. The van der Waals surface area contributed by atoms with Crippen LogP contribution < -0.4 is 5.32 Å². The van der Waals surface area contributed by atoms with Crippen molar-refractivity contribution < 1.29 is 8.42 Å². The van der Waals surface area contributed by atoms with Crippen molar-refractivity contribution in [2.45, 2.75) is 24.3 Å². The van der Waals surface area contributed by atoms with E-state index in [1.54, 1.807) is 23.4 Å². The van der Waals surface area contributed by atoms with Crippen LogP contribution in [0.3, 0.4) is 0 Å². The Labute approximate surface area is 149 Å². The fourth-order valence-corrected chi connectivity index (χ4v) is 5.02. The predicted octanol–water partition coefficient (Wildman–Crippen LogP) is 0.957. The molecule has 0 aliphatic carbocycles. The molecule has 8 heteroatoms. The van der Waals surface area contributed by atoms with Crippen molar-refractivity contribution in [1.82, 2.24) is 14.5 Å². The van der Waals surface area contributed by atoms with E-state index in [4.69, 9.17) is 5.26 Å². The number of sulfonamides is 1. The van der Waals surface area contributed by atoms with Gasteiger partial charge in [-0.3, -0.25) is 4.90 Å². The molecule has 0 spiro atoms. The Kier molecular flexibility index (Phi) is 6.23. The summed E-state index contributed by atoms with van der Waals surface area (Å²) in [6.45, 7) is 6.36. The van der Waals surface area contributed by atoms with E-state index in [1.807, 2.05) is 6.07 Å². The van der Waals surface area contributed by atoms with Crippen molar-refractivity contribution in [3.63, 3.8) is 0 Å². The van der Waals surface area contributed by atoms with Gasteiger partial charge in [0.1, 0.15) is 0 Å². The van der Waals surface area contributed by atoms with E-state index in [2.05, 4.69) is 10.2 Å². The summed E-state index contributed by atoms with van der Waals surface area (Å²) < 4.78 is 27.3. The number of aryl methyl sites for hydroxylation is 1. The monoisotopic (exact) mass is 370 g/mol. The highest BCUT2D eigenvalue weighted by Gasteiger charge is 2.32. The largest absolute Gasteiger partial charge is 0.315 e. The van der Waals surface area contributed by atoms with Crippen LogP contribution in [0.25, 0.3) is 0 Å². The molecule has 2 aliphatic rings. The molecular weight excluding hydrogens is 348 g/mol. The normalized spacial score (nSPS) is 22.8. The van der Waals surface area contributed by atoms with E-state index in [1.165, 1.54) is 6.07 Å². The molecule has 1 aromatic carbocycles. The molecule has 0 aromatic heterocycles. The van der Waals surface area contributed by atoms with Gasteiger partial charge in [-0.2, -0.15) is 9.57 Å². The van der Waals surface area contributed by atoms with Gasteiger partial charge in [0.15, 0.2) is 0 Å². The van der Waals surface area contributed by atoms with Crippen molar-refractivity contribution in [1.29, 1.82) is 5.26 Å². The lowest BCUT2D eigenvalue weighted by atomic mass is 10.2. The van der Waals surface area contributed by atoms with Gasteiger partial charge in [-0.25, -0.2) is 8.42 Å². The molecule has 0 radical (unpaired) electrons. The van der Waals surface area contributed by atoms with Gasteiger partial charge in [-0.05, 0) is 37.6 Å². The molecule has 0 amide bonds. The summed E-state index contributed by atoms with van der Waals surface area (Å²) in [6, 6.07) is 7.38. The molecule has 1 aromatic rings. The molecule has 0 saturated carbocycles. The van der Waals surface area contributed by atoms with Gasteiger partial charge >= 0.3 is 0 Å². The SMILES string of the molecule is Cc1ccc(C#N)cc1S(=O)(=O)N1CCN(C2CCNC2)CC1.Cl. The number of nitriles is 1. The van der Waals surface area contributed by atoms with Gasteiger partial charge in [-0.15, -0.1) is 12.4 Å². The molecule has 132 valence electrons. The van der Waals surface area contributed by atoms with Gasteiger partial charge in [0.2, 0.25) is 10.0 Å². The van der Waals surface area contributed by atoms with Crippen LogP contribution in [0.4, 0.5) is 0 Å². The van der Waals surface area contributed by atoms with E-state index < -0.39 is 10.0 Å². The second kappa shape index (κ2) is 7.81. The number of hydrogen-bond acceptors (Lipinski definition) is 5. The van der Waals surface area contributed by atoms with E-state index in [0.29, 0.717) is 30.3 Å². The van der Waals surface area contributed by atoms with Gasteiger partial charge in [0.25, 0.3) is 0 Å². The second-order valence-corrected chi connectivity index (χ2v) is 8.09. The molecule has 3 rings (SSSR count). The summed E-state index contributed by atoms with van der Waals surface area (Å²) in [7, 11) is -3.53. The molecule has 24 heavy (non-hydrogen) atoms. The number of halogens is 1. The van der Waals surface area contributed by atoms with Crippen molar-refractivity contribution in [2.75, 3.05) is 39.3 Å². The fraction of sp³-hybridized carbons (Fsp3) is 0.562. The zero-order chi connectivity index (χ0) is 16.4. The predicted molar refractivity (Wildman–Crippen MR) is 94.7 cm³/mol. The average Bonchev–Trinajstić information content (AvgIpc) is 3.10.